The van der Waals surface area contributed by atoms with Crippen LogP contribution in [-0.4, -0.2) is 19.1 Å². The Morgan fingerprint density at radius 2 is 2.05 bits per heavy atom. The Morgan fingerprint density at radius 3 is 2.58 bits per heavy atom. The number of benzene rings is 1. The molecule has 6 heteroatoms. The minimum Gasteiger partial charge on any atom is -0.490 e. The molecule has 0 amide bonds. The van der Waals surface area contributed by atoms with Gasteiger partial charge in [-0.1, -0.05) is 19.9 Å². The van der Waals surface area contributed by atoms with Crippen LogP contribution in [0.4, 0.5) is 8.78 Å². The Hall–Kier alpha value is -1.24. The van der Waals surface area contributed by atoms with E-state index in [2.05, 4.69) is 4.74 Å². The Balaban J connectivity index is 2.62. The molecule has 0 N–H and O–H groups in total. The van der Waals surface area contributed by atoms with Gasteiger partial charge in [0.25, 0.3) is 0 Å². The Morgan fingerprint density at radius 1 is 1.37 bits per heavy atom. The molecular weight excluding hydrogens is 271 g/mol. The summed E-state index contributed by atoms with van der Waals surface area (Å²) >= 11 is 0. The fraction of sp³-hybridized carbons (Fsp3) is 0.462. The number of hydrogen-bond acceptors (Lipinski definition) is 3. The fourth-order valence-electron chi connectivity index (χ4n) is 1.45. The smallest absolute Gasteiger partial charge is 0.366 e. The maximum absolute atomic E-state index is 12.4. The number of hydrogen-bond donors (Lipinski definition) is 0. The molecule has 0 aliphatic rings. The van der Waals surface area contributed by atoms with E-state index in [0.717, 1.165) is 5.56 Å². The van der Waals surface area contributed by atoms with Crippen LogP contribution in [0, 0.1) is 11.3 Å². The summed E-state index contributed by atoms with van der Waals surface area (Å²) in [7, 11) is 1.29. The predicted octanol–water partition coefficient (Wildman–Crippen LogP) is 3.50. The van der Waals surface area contributed by atoms with E-state index in [1.165, 1.54) is 9.24 Å². The van der Waals surface area contributed by atoms with E-state index < -0.39 is 5.85 Å². The predicted molar refractivity (Wildman–Crippen MR) is 71.4 cm³/mol. The van der Waals surface area contributed by atoms with E-state index in [4.69, 9.17) is 10.00 Å². The van der Waals surface area contributed by atoms with Crippen molar-refractivity contribution >= 4 is 9.24 Å². The van der Waals surface area contributed by atoms with Crippen molar-refractivity contribution in [2.24, 2.45) is 0 Å². The minimum atomic E-state index is -3.25. The number of ether oxygens (including phenoxy) is 2. The standard InChI is InChI=1S/C13H16F2NO2P/c1-9(2)10-3-4-12(11(7-10)8-16)17-5-6-18-13(14,15)19/h3-4,7,9H,5-6,19H2,1-2H3. The molecule has 1 rings (SSSR count). The van der Waals surface area contributed by atoms with Crippen LogP contribution >= 0.6 is 9.24 Å². The van der Waals surface area contributed by atoms with Gasteiger partial charge in [-0.25, -0.2) is 0 Å². The van der Waals surface area contributed by atoms with Crippen molar-refractivity contribution in [1.82, 2.24) is 0 Å². The molecule has 0 aliphatic carbocycles. The summed E-state index contributed by atoms with van der Waals surface area (Å²) < 4.78 is 34.2. The first-order chi connectivity index (χ1) is 8.83. The quantitative estimate of drug-likeness (QED) is 0.594. The van der Waals surface area contributed by atoms with Gasteiger partial charge in [-0.3, -0.25) is 0 Å². The molecule has 1 atom stereocenters. The molecule has 104 valence electrons. The van der Waals surface area contributed by atoms with Crippen molar-refractivity contribution in [3.63, 3.8) is 0 Å². The zero-order valence-electron chi connectivity index (χ0n) is 10.8. The first kappa shape index (κ1) is 15.8. The molecule has 0 aliphatic heterocycles. The molecule has 0 fully saturated rings. The molecule has 0 saturated heterocycles. The van der Waals surface area contributed by atoms with E-state index in [9.17, 15) is 8.78 Å². The van der Waals surface area contributed by atoms with Crippen LogP contribution < -0.4 is 4.74 Å². The lowest BCUT2D eigenvalue weighted by Crippen LogP contribution is -2.16. The van der Waals surface area contributed by atoms with Gasteiger partial charge >= 0.3 is 5.85 Å². The number of halogens is 2. The van der Waals surface area contributed by atoms with Gasteiger partial charge < -0.3 is 9.47 Å². The van der Waals surface area contributed by atoms with Crippen molar-refractivity contribution in [2.45, 2.75) is 25.6 Å². The van der Waals surface area contributed by atoms with E-state index in [1.807, 2.05) is 26.0 Å². The first-order valence-corrected chi connectivity index (χ1v) is 6.38. The Bertz CT molecular complexity index is 467. The van der Waals surface area contributed by atoms with Gasteiger partial charge in [0.1, 0.15) is 18.4 Å². The number of nitrogens with zero attached hydrogens (tertiary/aromatic N) is 1. The third-order valence-electron chi connectivity index (χ3n) is 2.43. The Kier molecular flexibility index (Phi) is 5.65. The lowest BCUT2D eigenvalue weighted by Gasteiger charge is -2.13. The van der Waals surface area contributed by atoms with Crippen LogP contribution in [-0.2, 0) is 4.74 Å². The van der Waals surface area contributed by atoms with Crippen LogP contribution in [0.15, 0.2) is 18.2 Å². The number of alkyl halides is 2. The summed E-state index contributed by atoms with van der Waals surface area (Å²) in [6.45, 7) is 3.74. The normalized spacial score (nSPS) is 11.4. The lowest BCUT2D eigenvalue weighted by molar-refractivity contribution is -0.167. The highest BCUT2D eigenvalue weighted by Crippen LogP contribution is 2.25. The van der Waals surface area contributed by atoms with Crippen molar-refractivity contribution in [1.29, 1.82) is 5.26 Å². The van der Waals surface area contributed by atoms with Gasteiger partial charge in [-0.05, 0) is 32.9 Å². The molecule has 0 saturated carbocycles. The fourth-order valence-corrected chi connectivity index (χ4v) is 1.57. The summed E-state index contributed by atoms with van der Waals surface area (Å²) in [6, 6.07) is 7.30. The molecule has 0 aromatic heterocycles. The second-order valence-electron chi connectivity index (χ2n) is 4.28. The van der Waals surface area contributed by atoms with Gasteiger partial charge in [-0.15, -0.1) is 0 Å². The lowest BCUT2D eigenvalue weighted by atomic mass is 10.0. The molecule has 19 heavy (non-hydrogen) atoms. The van der Waals surface area contributed by atoms with Crippen molar-refractivity contribution in [3.8, 4) is 11.8 Å². The average Bonchev–Trinajstić information content (AvgIpc) is 2.33. The van der Waals surface area contributed by atoms with E-state index in [1.54, 1.807) is 12.1 Å². The Labute approximate surface area is 113 Å². The molecule has 3 nitrogen and oxygen atoms in total. The largest absolute Gasteiger partial charge is 0.490 e. The van der Waals surface area contributed by atoms with E-state index in [-0.39, 0.29) is 13.2 Å². The van der Waals surface area contributed by atoms with E-state index in [0.29, 0.717) is 17.2 Å². The minimum absolute atomic E-state index is 0.0420. The van der Waals surface area contributed by atoms with Crippen molar-refractivity contribution < 1.29 is 18.3 Å². The molecule has 1 aromatic carbocycles. The van der Waals surface area contributed by atoms with Crippen LogP contribution in [0.3, 0.4) is 0 Å². The third-order valence-corrected chi connectivity index (χ3v) is 2.59. The van der Waals surface area contributed by atoms with Gasteiger partial charge in [0.05, 0.1) is 12.2 Å². The maximum Gasteiger partial charge on any atom is 0.366 e. The summed E-state index contributed by atoms with van der Waals surface area (Å²) in [5, 5.41) is 9.03. The molecular formula is C13H16F2NO2P. The highest BCUT2D eigenvalue weighted by Gasteiger charge is 2.21. The van der Waals surface area contributed by atoms with Gasteiger partial charge in [0, 0.05) is 0 Å². The zero-order valence-corrected chi connectivity index (χ0v) is 12.0. The highest BCUT2D eigenvalue weighted by atomic mass is 31.0. The van der Waals surface area contributed by atoms with Crippen LogP contribution in [0.25, 0.3) is 0 Å². The molecule has 0 radical (unpaired) electrons. The van der Waals surface area contributed by atoms with Crippen molar-refractivity contribution in [3.05, 3.63) is 29.3 Å². The molecule has 1 aromatic rings. The van der Waals surface area contributed by atoms with Gasteiger partial charge in [-0.2, -0.15) is 14.0 Å². The summed E-state index contributed by atoms with van der Waals surface area (Å²) in [5.74, 6) is -2.56. The molecule has 0 spiro atoms. The summed E-state index contributed by atoms with van der Waals surface area (Å²) in [6.07, 6.45) is 0. The van der Waals surface area contributed by atoms with Crippen LogP contribution in [0.5, 0.6) is 5.75 Å². The monoisotopic (exact) mass is 287 g/mol. The van der Waals surface area contributed by atoms with Crippen LogP contribution in [0.2, 0.25) is 0 Å². The second kappa shape index (κ2) is 6.79. The SMILES string of the molecule is CC(C)c1ccc(OCCOC(F)(F)P)c(C#N)c1. The van der Waals surface area contributed by atoms with E-state index >= 15 is 0 Å². The zero-order chi connectivity index (χ0) is 14.5. The molecule has 1 unspecified atom stereocenters. The van der Waals surface area contributed by atoms with Gasteiger partial charge in [0.15, 0.2) is 0 Å². The molecule has 0 heterocycles. The first-order valence-electron chi connectivity index (χ1n) is 5.81. The third kappa shape index (κ3) is 5.50. The maximum atomic E-state index is 12.4. The van der Waals surface area contributed by atoms with Crippen molar-refractivity contribution in [2.75, 3.05) is 13.2 Å². The number of nitriles is 1. The molecule has 0 bridgehead atoms. The van der Waals surface area contributed by atoms with Crippen LogP contribution in [0.1, 0.15) is 30.9 Å². The average molecular weight is 287 g/mol. The summed E-state index contributed by atoms with van der Waals surface area (Å²) in [4.78, 5) is 0. The van der Waals surface area contributed by atoms with Gasteiger partial charge in [0.2, 0.25) is 0 Å². The number of rotatable bonds is 6. The highest BCUT2D eigenvalue weighted by molar-refractivity contribution is 7.17. The second-order valence-corrected chi connectivity index (χ2v) is 4.95. The topological polar surface area (TPSA) is 42.2 Å². The summed E-state index contributed by atoms with van der Waals surface area (Å²) in [5.41, 5.74) is 1.42.